The summed E-state index contributed by atoms with van der Waals surface area (Å²) < 4.78 is 0. The SMILES string of the molecule is C=C(CCCCCCC/C=C\C/C=C\CCCCC)CCCC(CC)CCNCCSSCCN1CCC(CCCC(=C)CCCCCCC/C=C\C/C=C\CCCCC)CC1. The number of nitrogens with one attached hydrogen (secondary N) is 1. The van der Waals surface area contributed by atoms with Gasteiger partial charge in [-0.3, -0.25) is 0 Å². The molecule has 0 aliphatic carbocycles. The number of piperidine rings is 1. The van der Waals surface area contributed by atoms with Gasteiger partial charge in [0.2, 0.25) is 0 Å². The van der Waals surface area contributed by atoms with Crippen LogP contribution < -0.4 is 5.32 Å². The minimum Gasteiger partial charge on any atom is -0.316 e. The maximum atomic E-state index is 4.44. The molecule has 1 atom stereocenters. The quantitative estimate of drug-likeness (QED) is 0.0372. The van der Waals surface area contributed by atoms with Crippen LogP contribution in [0.25, 0.3) is 0 Å². The molecule has 1 N–H and O–H groups in total. The van der Waals surface area contributed by atoms with Crippen molar-refractivity contribution in [1.82, 2.24) is 10.2 Å². The lowest BCUT2D eigenvalue weighted by atomic mass is 9.90. The molecule has 1 aliphatic heterocycles. The average Bonchev–Trinajstić information content (AvgIpc) is 3.28. The molecular weight excluding hydrogens is 789 g/mol. The molecule has 1 aliphatic rings. The van der Waals surface area contributed by atoms with Gasteiger partial charge in [0.1, 0.15) is 0 Å². The van der Waals surface area contributed by atoms with Crippen molar-refractivity contribution in [2.24, 2.45) is 11.8 Å². The molecule has 1 saturated heterocycles. The lowest BCUT2D eigenvalue weighted by Crippen LogP contribution is -2.35. The van der Waals surface area contributed by atoms with Crippen LogP contribution in [0.2, 0.25) is 0 Å². The van der Waals surface area contributed by atoms with Gasteiger partial charge in [0, 0.05) is 24.6 Å². The molecule has 0 spiro atoms. The summed E-state index contributed by atoms with van der Waals surface area (Å²) in [6.45, 7) is 22.0. The van der Waals surface area contributed by atoms with Crippen LogP contribution in [0.4, 0.5) is 0 Å². The van der Waals surface area contributed by atoms with Crippen molar-refractivity contribution >= 4 is 21.6 Å². The van der Waals surface area contributed by atoms with Crippen molar-refractivity contribution in [3.8, 4) is 0 Å². The first-order valence-corrected chi connectivity index (χ1v) is 29.7. The molecule has 0 bridgehead atoms. The maximum Gasteiger partial charge on any atom is 0.0165 e. The lowest BCUT2D eigenvalue weighted by molar-refractivity contribution is 0.186. The number of unbranched alkanes of at least 4 members (excludes halogenated alkanes) is 16. The second-order valence-corrected chi connectivity index (χ2v) is 21.7. The van der Waals surface area contributed by atoms with E-state index in [1.165, 1.54) is 254 Å². The molecule has 0 radical (unpaired) electrons. The van der Waals surface area contributed by atoms with Crippen LogP contribution in [0, 0.1) is 11.8 Å². The third kappa shape index (κ3) is 41.7. The van der Waals surface area contributed by atoms with Crippen LogP contribution in [0.1, 0.15) is 239 Å². The van der Waals surface area contributed by atoms with Crippen molar-refractivity contribution in [3.63, 3.8) is 0 Å². The Morgan fingerprint density at radius 1 is 0.532 bits per heavy atom. The van der Waals surface area contributed by atoms with Gasteiger partial charge in [0.15, 0.2) is 0 Å². The zero-order valence-corrected chi connectivity index (χ0v) is 43.6. The summed E-state index contributed by atoms with van der Waals surface area (Å²) in [4.78, 5) is 2.73. The Kier molecular flexibility index (Phi) is 45.7. The van der Waals surface area contributed by atoms with Gasteiger partial charge in [0.05, 0.1) is 0 Å². The van der Waals surface area contributed by atoms with Crippen molar-refractivity contribution in [3.05, 3.63) is 72.9 Å². The number of likely N-dealkylation sites (tertiary alicyclic amines) is 1. The van der Waals surface area contributed by atoms with E-state index in [2.05, 4.69) is 114 Å². The van der Waals surface area contributed by atoms with Crippen LogP contribution in [0.3, 0.4) is 0 Å². The highest BCUT2D eigenvalue weighted by Gasteiger charge is 2.18. The molecule has 0 aromatic rings. The van der Waals surface area contributed by atoms with Gasteiger partial charge in [0.25, 0.3) is 0 Å². The zero-order chi connectivity index (χ0) is 44.7. The Morgan fingerprint density at radius 3 is 1.53 bits per heavy atom. The van der Waals surface area contributed by atoms with Crippen LogP contribution in [0.15, 0.2) is 72.9 Å². The largest absolute Gasteiger partial charge is 0.316 e. The van der Waals surface area contributed by atoms with E-state index in [-0.39, 0.29) is 0 Å². The fourth-order valence-electron chi connectivity index (χ4n) is 8.78. The van der Waals surface area contributed by atoms with E-state index >= 15 is 0 Å². The number of hydrogen-bond acceptors (Lipinski definition) is 4. The number of rotatable bonds is 47. The summed E-state index contributed by atoms with van der Waals surface area (Å²) in [5.41, 5.74) is 3.00. The van der Waals surface area contributed by atoms with Gasteiger partial charge in [-0.15, -0.1) is 0 Å². The first-order valence-electron chi connectivity index (χ1n) is 27.2. The second-order valence-electron chi connectivity index (χ2n) is 19.0. The average molecular weight is 896 g/mol. The lowest BCUT2D eigenvalue weighted by Gasteiger charge is -2.31. The minimum absolute atomic E-state index is 0.863. The van der Waals surface area contributed by atoms with E-state index in [9.17, 15) is 0 Å². The van der Waals surface area contributed by atoms with Crippen LogP contribution in [0.5, 0.6) is 0 Å². The van der Waals surface area contributed by atoms with Crippen molar-refractivity contribution in [1.29, 1.82) is 0 Å². The van der Waals surface area contributed by atoms with Gasteiger partial charge >= 0.3 is 0 Å². The third-order valence-electron chi connectivity index (χ3n) is 13.2. The van der Waals surface area contributed by atoms with Gasteiger partial charge in [-0.1, -0.05) is 199 Å². The number of hydrogen-bond donors (Lipinski definition) is 1. The Hall–Kier alpha value is -0.940. The molecule has 4 heteroatoms. The molecule has 360 valence electrons. The summed E-state index contributed by atoms with van der Waals surface area (Å²) in [7, 11) is 4.16. The van der Waals surface area contributed by atoms with Crippen LogP contribution >= 0.6 is 21.6 Å². The van der Waals surface area contributed by atoms with Gasteiger partial charge < -0.3 is 10.2 Å². The summed E-state index contributed by atoms with van der Waals surface area (Å²) in [5.74, 6) is 4.30. The van der Waals surface area contributed by atoms with E-state index < -0.39 is 0 Å². The molecule has 1 heterocycles. The predicted molar refractivity (Wildman–Crippen MR) is 290 cm³/mol. The van der Waals surface area contributed by atoms with Crippen molar-refractivity contribution in [2.75, 3.05) is 44.2 Å². The molecule has 2 nitrogen and oxygen atoms in total. The molecule has 0 aromatic carbocycles. The van der Waals surface area contributed by atoms with E-state index in [0.29, 0.717) is 0 Å². The fraction of sp³-hybridized carbons (Fsp3) is 0.793. The van der Waals surface area contributed by atoms with Gasteiger partial charge in [-0.2, -0.15) is 0 Å². The minimum atomic E-state index is 0.863. The normalized spacial score (nSPS) is 14.8. The molecule has 0 saturated carbocycles. The van der Waals surface area contributed by atoms with Crippen molar-refractivity contribution < 1.29 is 0 Å². The van der Waals surface area contributed by atoms with Crippen LogP contribution in [-0.4, -0.2) is 49.1 Å². The molecule has 1 rings (SSSR count). The first kappa shape index (κ1) is 59.1. The molecule has 0 aromatic heterocycles. The molecule has 62 heavy (non-hydrogen) atoms. The van der Waals surface area contributed by atoms with E-state index in [0.717, 1.165) is 31.2 Å². The molecule has 1 fully saturated rings. The zero-order valence-electron chi connectivity index (χ0n) is 41.9. The fourth-order valence-corrected chi connectivity index (χ4v) is 10.8. The number of nitrogens with zero attached hydrogens (tertiary/aromatic N) is 1. The summed E-state index contributed by atoms with van der Waals surface area (Å²) >= 11 is 0. The Bertz CT molecular complexity index is 1080. The second kappa shape index (κ2) is 48.0. The highest BCUT2D eigenvalue weighted by Crippen LogP contribution is 2.26. The molecule has 1 unspecified atom stereocenters. The smallest absolute Gasteiger partial charge is 0.0165 e. The Balaban J connectivity index is 1.86. The Labute approximate surface area is 397 Å². The molecule has 0 amide bonds. The summed E-state index contributed by atoms with van der Waals surface area (Å²) in [5, 5.41) is 3.74. The monoisotopic (exact) mass is 895 g/mol. The van der Waals surface area contributed by atoms with Crippen LogP contribution in [-0.2, 0) is 0 Å². The summed E-state index contributed by atoms with van der Waals surface area (Å²) in [6.07, 6.45) is 63.7. The Morgan fingerprint density at radius 2 is 1.00 bits per heavy atom. The van der Waals surface area contributed by atoms with Gasteiger partial charge in [-0.05, 0) is 166 Å². The van der Waals surface area contributed by atoms with E-state index in [4.69, 9.17) is 0 Å². The summed E-state index contributed by atoms with van der Waals surface area (Å²) in [6, 6.07) is 0. The van der Waals surface area contributed by atoms with Gasteiger partial charge in [-0.25, -0.2) is 0 Å². The van der Waals surface area contributed by atoms with E-state index in [1.807, 2.05) is 0 Å². The topological polar surface area (TPSA) is 15.3 Å². The maximum absolute atomic E-state index is 4.44. The molecular formula is C58H106N2S2. The first-order chi connectivity index (χ1) is 30.6. The standard InChI is InChI=1S/C58H106N2S2/c1-6-9-11-13-15-17-19-21-23-25-27-29-31-33-35-39-55(4)41-37-43-57(8-3)45-48-59-49-53-61-62-54-52-60-50-46-58(47-51-60)44-38-42-56(5)40-36-34-32-30-28-26-24-22-20-18-16-14-12-10-7-2/h15-18,21-24,57-59H,4-14,19-20,25-54H2,1-3H3/b17-15-,18-16-,23-21-,24-22-. The highest BCUT2D eigenvalue weighted by molar-refractivity contribution is 8.76. The van der Waals surface area contributed by atoms with Crippen molar-refractivity contribution in [2.45, 2.75) is 239 Å². The van der Waals surface area contributed by atoms with E-state index in [1.54, 1.807) is 0 Å². The third-order valence-corrected chi connectivity index (χ3v) is 15.6. The number of allylic oxidation sites excluding steroid dienone is 10. The predicted octanol–water partition coefficient (Wildman–Crippen LogP) is 19.2. The highest BCUT2D eigenvalue weighted by atomic mass is 33.1.